The summed E-state index contributed by atoms with van der Waals surface area (Å²) in [6.45, 7) is 0. The Hall–Kier alpha value is 1.09. The van der Waals surface area contributed by atoms with Crippen molar-refractivity contribution in [1.82, 2.24) is 0 Å². The van der Waals surface area contributed by atoms with Crippen molar-refractivity contribution in [2.45, 2.75) is 0 Å². The maximum atomic E-state index is 9.42. The van der Waals surface area contributed by atoms with Crippen LogP contribution in [-0.4, -0.2) is 12.1 Å². The summed E-state index contributed by atoms with van der Waals surface area (Å²) >= 11 is -4.91. The van der Waals surface area contributed by atoms with Gasteiger partial charge in [0.2, 0.25) is 0 Å². The second-order valence-corrected chi connectivity index (χ2v) is 2.68. The first-order valence-electron chi connectivity index (χ1n) is 1.16. The van der Waals surface area contributed by atoms with E-state index >= 15 is 0 Å². The van der Waals surface area contributed by atoms with Crippen LogP contribution in [-0.2, 0) is 52.8 Å². The van der Waals surface area contributed by atoms with Crippen molar-refractivity contribution in [3.8, 4) is 0 Å². The second-order valence-electron chi connectivity index (χ2n) is 0.651. The zero-order chi connectivity index (χ0) is 5.21. The van der Waals surface area contributed by atoms with Crippen LogP contribution in [0.2, 0.25) is 0 Å². The van der Waals surface area contributed by atoms with Gasteiger partial charge in [0.05, 0.1) is 0 Å². The third-order valence-electron chi connectivity index (χ3n) is 0.231. The normalized spacial score (nSPS) is 9.86. The fourth-order valence-corrected chi connectivity index (χ4v) is 0. The molecule has 0 spiro atoms. The minimum absolute atomic E-state index is 0. The first-order chi connectivity index (χ1) is 2.56. The molecule has 0 aromatic heterocycles. The van der Waals surface area contributed by atoms with E-state index in [4.69, 9.17) is 4.03 Å². The molecule has 37 valence electrons. The Balaban J connectivity index is 0. The van der Waals surface area contributed by atoms with E-state index in [0.717, 1.165) is 8.05 Å². The third kappa shape index (κ3) is 11.0. The van der Waals surface area contributed by atoms with Gasteiger partial charge in [-0.05, 0) is 0 Å². The average Bonchev–Trinajstić information content (AvgIpc) is 1.35. The van der Waals surface area contributed by atoms with E-state index in [-0.39, 0.29) is 27.3 Å². The Kier molecular flexibility index (Phi) is 6.30. The minimum Gasteiger partial charge on any atom is 0 e. The molecule has 0 aromatic carbocycles. The van der Waals surface area contributed by atoms with Gasteiger partial charge in [-0.25, -0.2) is 0 Å². The number of hydrogen-bond acceptors (Lipinski definition) is 3. The van der Waals surface area contributed by atoms with Crippen LogP contribution >= 0.6 is 0 Å². The van der Waals surface area contributed by atoms with Gasteiger partial charge >= 0.3 is 37.6 Å². The summed E-state index contributed by atoms with van der Waals surface area (Å²) in [6, 6.07) is 0. The van der Waals surface area contributed by atoms with E-state index in [9.17, 15) is 7.35 Å². The van der Waals surface area contributed by atoms with Crippen molar-refractivity contribution in [2.75, 3.05) is 0 Å². The molecule has 0 amide bonds. The summed E-state index contributed by atoms with van der Waals surface area (Å²) in [5.74, 6) is 0. The molecule has 0 aliphatic carbocycles. The summed E-state index contributed by atoms with van der Waals surface area (Å²) in [5.41, 5.74) is 0. The van der Waals surface area contributed by atoms with Crippen LogP contribution in [0.3, 0.4) is 0 Å². The van der Waals surface area contributed by atoms with Gasteiger partial charge in [-0.2, -0.15) is 0 Å². The predicted octanol–water partition coefficient (Wildman–Crippen LogP) is -1.78. The Morgan fingerprint density at radius 3 is 1.71 bits per heavy atom. The van der Waals surface area contributed by atoms with Crippen molar-refractivity contribution in [3.05, 3.63) is 0 Å². The topological polar surface area (TPSA) is 63.6 Å². The molecule has 0 aromatic rings. The zero-order valence-corrected chi connectivity index (χ0v) is 9.26. The van der Waals surface area contributed by atoms with Gasteiger partial charge in [0.1, 0.15) is 0 Å². The Morgan fingerprint density at radius 1 is 1.57 bits per heavy atom. The number of hydrogen-bond donors (Lipinski definition) is 1. The van der Waals surface area contributed by atoms with Gasteiger partial charge in [-0.15, -0.1) is 0 Å². The van der Waals surface area contributed by atoms with Gasteiger partial charge in [-0.3, -0.25) is 0 Å². The van der Waals surface area contributed by atoms with E-state index in [1.54, 1.807) is 0 Å². The van der Waals surface area contributed by atoms with Crippen LogP contribution in [0.25, 0.3) is 0 Å². The fourth-order valence-electron chi connectivity index (χ4n) is 0. The van der Waals surface area contributed by atoms with E-state index in [1.165, 1.54) is 0 Å². The molecule has 0 bridgehead atoms. The molecule has 7 heteroatoms. The van der Waals surface area contributed by atoms with Crippen molar-refractivity contribution in [2.24, 2.45) is 0 Å². The molecule has 0 saturated carbocycles. The summed E-state index contributed by atoms with van der Waals surface area (Å²) < 4.78 is 30.1. The minimum atomic E-state index is -4.91. The largest absolute Gasteiger partial charge is 0 e. The Bertz CT molecular complexity index is 114. The summed E-state index contributed by atoms with van der Waals surface area (Å²) in [4.78, 5) is 0. The van der Waals surface area contributed by atoms with Gasteiger partial charge < -0.3 is 0 Å². The predicted molar refractivity (Wildman–Crippen MR) is 13.2 cm³/mol. The molecule has 0 aliphatic heterocycles. The van der Waals surface area contributed by atoms with Crippen molar-refractivity contribution in [1.29, 1.82) is 0 Å². The summed E-state index contributed by atoms with van der Waals surface area (Å²) in [7, 11) is 0.910. The van der Waals surface area contributed by atoms with Crippen LogP contribution in [0.1, 0.15) is 0 Å². The molecule has 4 nitrogen and oxygen atoms in total. The molecule has 7 heavy (non-hydrogen) atoms. The molecule has 0 atom stereocenters. The standard InChI is InChI=1S/BH2O.Cd.H2O.2O.V/c1-2;;;;;/h1H2;;1H2;;;/q-1;;;;;+2/p-1. The molecule has 0 rings (SSSR count). The molecule has 0 saturated heterocycles. The molecule has 0 unspecified atom stereocenters. The van der Waals surface area contributed by atoms with Crippen LogP contribution in [0.15, 0.2) is 0 Å². The number of rotatable bonds is 1. The Morgan fingerprint density at radius 2 is 1.71 bits per heavy atom. The van der Waals surface area contributed by atoms with Gasteiger partial charge in [0.25, 0.3) is 0 Å². The zero-order valence-electron chi connectivity index (χ0n) is 3.83. The van der Waals surface area contributed by atoms with E-state index in [0.29, 0.717) is 0 Å². The van der Waals surface area contributed by atoms with E-state index < -0.39 is 14.6 Å². The average molecular weight is 241 g/mol. The molecule has 0 heterocycles. The molecular formula is H3BCdO4V. The van der Waals surface area contributed by atoms with E-state index in [2.05, 4.69) is 3.58 Å². The quantitative estimate of drug-likeness (QED) is 0.551. The summed E-state index contributed by atoms with van der Waals surface area (Å²) in [5, 5.41) is 0. The SMILES string of the molecule is B[O][V](=[O])(=[O])[OH].[Cd]. The van der Waals surface area contributed by atoms with Crippen molar-refractivity contribution >= 4 is 8.05 Å². The molecule has 0 fully saturated rings. The van der Waals surface area contributed by atoms with E-state index in [1.807, 2.05) is 0 Å². The van der Waals surface area contributed by atoms with Gasteiger partial charge in [0.15, 0.2) is 0 Å². The molecular weight excluding hydrogens is 238 g/mol. The maximum Gasteiger partial charge on any atom is 0 e. The smallest absolute Gasteiger partial charge is 0 e. The molecule has 0 aliphatic rings. The van der Waals surface area contributed by atoms with Crippen LogP contribution in [0.5, 0.6) is 0 Å². The fraction of sp³-hybridized carbons (Fsp3) is 0. The molecule has 0 radical (unpaired) electrons. The van der Waals surface area contributed by atoms with Crippen molar-refractivity contribution < 1.29 is 56.9 Å². The summed E-state index contributed by atoms with van der Waals surface area (Å²) in [6.07, 6.45) is 0. The van der Waals surface area contributed by atoms with Crippen LogP contribution in [0.4, 0.5) is 0 Å². The van der Waals surface area contributed by atoms with Crippen molar-refractivity contribution in [3.63, 3.8) is 0 Å². The first-order valence-corrected chi connectivity index (χ1v) is 3.49. The monoisotopic (exact) mass is 243 g/mol. The van der Waals surface area contributed by atoms with Crippen LogP contribution < -0.4 is 0 Å². The maximum absolute atomic E-state index is 9.42. The van der Waals surface area contributed by atoms with Gasteiger partial charge in [0, 0.05) is 27.3 Å². The van der Waals surface area contributed by atoms with Gasteiger partial charge in [-0.1, -0.05) is 0 Å². The molecule has 1 N–H and O–H groups in total. The Labute approximate surface area is 64.7 Å². The third-order valence-corrected chi connectivity index (χ3v) is 0.951. The second kappa shape index (κ2) is 4.02. The van der Waals surface area contributed by atoms with Crippen LogP contribution in [0, 0.1) is 0 Å². The first kappa shape index (κ1) is 11.0.